The molecule has 0 saturated heterocycles. The summed E-state index contributed by atoms with van der Waals surface area (Å²) in [7, 11) is 0. The lowest BCUT2D eigenvalue weighted by Crippen LogP contribution is -2.33. The largest absolute Gasteiger partial charge is 0.384 e. The highest BCUT2D eigenvalue weighted by atomic mass is 16.2. The van der Waals surface area contributed by atoms with Gasteiger partial charge in [0.25, 0.3) is 5.91 Å². The van der Waals surface area contributed by atoms with E-state index in [2.05, 4.69) is 5.32 Å². The number of carbonyl (C=O) groups excluding carboxylic acids is 1. The predicted molar refractivity (Wildman–Crippen MR) is 76.9 cm³/mol. The normalized spacial score (nSPS) is 20.5. The molecule has 1 amide bonds. The smallest absolute Gasteiger partial charge is 0.253 e. The topological polar surface area (TPSA) is 32.3 Å². The van der Waals surface area contributed by atoms with Crippen molar-refractivity contribution in [1.82, 2.24) is 5.32 Å². The van der Waals surface area contributed by atoms with E-state index in [4.69, 9.17) is 0 Å². The molecule has 0 atom stereocenters. The zero-order valence-electron chi connectivity index (χ0n) is 11.1. The van der Waals surface area contributed by atoms with Crippen LogP contribution in [0, 0.1) is 0 Å². The summed E-state index contributed by atoms with van der Waals surface area (Å²) >= 11 is 0. The molecule has 1 N–H and O–H groups in total. The second kappa shape index (κ2) is 5.47. The van der Waals surface area contributed by atoms with Crippen molar-refractivity contribution in [2.24, 2.45) is 0 Å². The Balaban J connectivity index is 1.63. The number of benzene rings is 1. The van der Waals surface area contributed by atoms with Crippen LogP contribution in [0.4, 0.5) is 5.69 Å². The van der Waals surface area contributed by atoms with Crippen LogP contribution in [-0.4, -0.2) is 18.5 Å². The maximum absolute atomic E-state index is 12.0. The van der Waals surface area contributed by atoms with E-state index in [1.54, 1.807) is 6.08 Å². The number of para-hydroxylation sites is 1. The minimum atomic E-state index is 0.0875. The van der Waals surface area contributed by atoms with Gasteiger partial charge in [0.1, 0.15) is 0 Å². The molecule has 1 aliphatic heterocycles. The van der Waals surface area contributed by atoms with Crippen molar-refractivity contribution in [2.45, 2.75) is 38.1 Å². The molecule has 0 unspecified atom stereocenters. The van der Waals surface area contributed by atoms with Gasteiger partial charge in [0.15, 0.2) is 0 Å². The summed E-state index contributed by atoms with van der Waals surface area (Å²) in [5, 5.41) is 3.55. The summed E-state index contributed by atoms with van der Waals surface area (Å²) in [6, 6.07) is 10.4. The van der Waals surface area contributed by atoms with E-state index < -0.39 is 0 Å². The van der Waals surface area contributed by atoms with Crippen molar-refractivity contribution in [1.29, 1.82) is 0 Å². The first kappa shape index (κ1) is 12.3. The molecule has 1 aromatic rings. The van der Waals surface area contributed by atoms with E-state index in [9.17, 15) is 4.79 Å². The summed E-state index contributed by atoms with van der Waals surface area (Å²) < 4.78 is 0. The second-order valence-electron chi connectivity index (χ2n) is 5.41. The van der Waals surface area contributed by atoms with Crippen LogP contribution in [0.2, 0.25) is 0 Å². The van der Waals surface area contributed by atoms with Gasteiger partial charge in [-0.25, -0.2) is 0 Å². The van der Waals surface area contributed by atoms with Gasteiger partial charge in [0.2, 0.25) is 0 Å². The van der Waals surface area contributed by atoms with Gasteiger partial charge < -0.3 is 10.2 Å². The van der Waals surface area contributed by atoms with Crippen LogP contribution in [0.25, 0.3) is 0 Å². The molecule has 3 rings (SSSR count). The lowest BCUT2D eigenvalue weighted by molar-refractivity contribution is -0.113. The van der Waals surface area contributed by atoms with Gasteiger partial charge in [-0.2, -0.15) is 0 Å². The van der Waals surface area contributed by atoms with Gasteiger partial charge >= 0.3 is 0 Å². The third kappa shape index (κ3) is 2.80. The molecular formula is C16H20N2O. The number of nitrogens with zero attached hydrogens (tertiary/aromatic N) is 1. The van der Waals surface area contributed by atoms with Crippen LogP contribution in [0.15, 0.2) is 42.1 Å². The molecule has 19 heavy (non-hydrogen) atoms. The van der Waals surface area contributed by atoms with Crippen molar-refractivity contribution >= 4 is 11.6 Å². The highest BCUT2D eigenvalue weighted by molar-refractivity contribution is 6.04. The number of carbonyl (C=O) groups is 1. The molecule has 0 spiro atoms. The Morgan fingerprint density at radius 2 is 1.79 bits per heavy atom. The summed E-state index contributed by atoms with van der Waals surface area (Å²) in [6.45, 7) is 0.680. The molecule has 1 aromatic carbocycles. The highest BCUT2D eigenvalue weighted by Crippen LogP contribution is 2.22. The standard InChI is InChI=1S/C16H20N2O/c19-16-11-14(17-13-7-3-1-4-8-13)12-18(16)15-9-5-2-6-10-15/h2,5-6,9-11,13,17H,1,3-4,7-8,12H2. The van der Waals surface area contributed by atoms with Gasteiger partial charge in [0, 0.05) is 23.5 Å². The zero-order chi connectivity index (χ0) is 13.1. The summed E-state index contributed by atoms with van der Waals surface area (Å²) in [4.78, 5) is 13.9. The quantitative estimate of drug-likeness (QED) is 0.902. The molecule has 0 bridgehead atoms. The van der Waals surface area contributed by atoms with E-state index in [1.807, 2.05) is 35.2 Å². The monoisotopic (exact) mass is 256 g/mol. The molecule has 100 valence electrons. The van der Waals surface area contributed by atoms with Crippen molar-refractivity contribution < 1.29 is 4.79 Å². The SMILES string of the molecule is O=C1C=C(NC2CCCCC2)CN1c1ccccc1. The third-order valence-electron chi connectivity index (χ3n) is 3.95. The average Bonchev–Trinajstić information content (AvgIpc) is 2.82. The maximum atomic E-state index is 12.0. The average molecular weight is 256 g/mol. The van der Waals surface area contributed by atoms with Crippen LogP contribution in [0.3, 0.4) is 0 Å². The summed E-state index contributed by atoms with van der Waals surface area (Å²) in [5.41, 5.74) is 2.05. The Bertz CT molecular complexity index is 475. The molecule has 0 radical (unpaired) electrons. The number of amides is 1. The fourth-order valence-corrected chi connectivity index (χ4v) is 2.94. The summed E-state index contributed by atoms with van der Waals surface area (Å²) in [6.07, 6.45) is 8.18. The molecule has 0 aromatic heterocycles. The van der Waals surface area contributed by atoms with Gasteiger partial charge in [-0.1, -0.05) is 37.5 Å². The number of anilines is 1. The van der Waals surface area contributed by atoms with Crippen molar-refractivity contribution in [3.8, 4) is 0 Å². The molecule has 1 fully saturated rings. The van der Waals surface area contributed by atoms with Gasteiger partial charge in [-0.15, -0.1) is 0 Å². The van der Waals surface area contributed by atoms with Crippen LogP contribution in [-0.2, 0) is 4.79 Å². The lowest BCUT2D eigenvalue weighted by Gasteiger charge is -2.25. The van der Waals surface area contributed by atoms with Crippen molar-refractivity contribution in [3.63, 3.8) is 0 Å². The molecule has 3 nitrogen and oxygen atoms in total. The number of hydrogen-bond acceptors (Lipinski definition) is 2. The predicted octanol–water partition coefficient (Wildman–Crippen LogP) is 2.84. The van der Waals surface area contributed by atoms with Crippen molar-refractivity contribution in [2.75, 3.05) is 11.4 Å². The number of hydrogen-bond donors (Lipinski definition) is 1. The van der Waals surface area contributed by atoms with E-state index >= 15 is 0 Å². The van der Waals surface area contributed by atoms with E-state index in [-0.39, 0.29) is 5.91 Å². The molecular weight excluding hydrogens is 236 g/mol. The van der Waals surface area contributed by atoms with Gasteiger partial charge in [-0.3, -0.25) is 4.79 Å². The van der Waals surface area contributed by atoms with Crippen LogP contribution in [0.5, 0.6) is 0 Å². The van der Waals surface area contributed by atoms with E-state index in [0.29, 0.717) is 12.6 Å². The highest BCUT2D eigenvalue weighted by Gasteiger charge is 2.24. The lowest BCUT2D eigenvalue weighted by atomic mass is 9.95. The Kier molecular flexibility index (Phi) is 3.53. The Morgan fingerprint density at radius 1 is 1.05 bits per heavy atom. The Hall–Kier alpha value is -1.77. The molecule has 3 heteroatoms. The Morgan fingerprint density at radius 3 is 2.53 bits per heavy atom. The van der Waals surface area contributed by atoms with Gasteiger partial charge in [0.05, 0.1) is 6.54 Å². The molecule has 1 saturated carbocycles. The minimum absolute atomic E-state index is 0.0875. The zero-order valence-corrected chi connectivity index (χ0v) is 11.1. The second-order valence-corrected chi connectivity index (χ2v) is 5.41. The number of nitrogens with one attached hydrogen (secondary N) is 1. The minimum Gasteiger partial charge on any atom is -0.384 e. The Labute approximate surface area is 114 Å². The fourth-order valence-electron chi connectivity index (χ4n) is 2.94. The van der Waals surface area contributed by atoms with E-state index in [1.165, 1.54) is 32.1 Å². The van der Waals surface area contributed by atoms with Crippen LogP contribution in [0.1, 0.15) is 32.1 Å². The van der Waals surface area contributed by atoms with Crippen molar-refractivity contribution in [3.05, 3.63) is 42.1 Å². The number of rotatable bonds is 3. The van der Waals surface area contributed by atoms with Crippen LogP contribution >= 0.6 is 0 Å². The first-order valence-corrected chi connectivity index (χ1v) is 7.16. The van der Waals surface area contributed by atoms with E-state index in [0.717, 1.165) is 11.4 Å². The first-order chi connectivity index (χ1) is 9.33. The van der Waals surface area contributed by atoms with Crippen LogP contribution < -0.4 is 10.2 Å². The maximum Gasteiger partial charge on any atom is 0.253 e. The summed E-state index contributed by atoms with van der Waals surface area (Å²) in [5.74, 6) is 0.0875. The third-order valence-corrected chi connectivity index (χ3v) is 3.95. The molecule has 2 aliphatic rings. The first-order valence-electron chi connectivity index (χ1n) is 7.16. The molecule has 1 aliphatic carbocycles. The van der Waals surface area contributed by atoms with Gasteiger partial charge in [-0.05, 0) is 25.0 Å². The fraction of sp³-hybridized carbons (Fsp3) is 0.438. The molecule has 1 heterocycles.